The van der Waals surface area contributed by atoms with Gasteiger partial charge in [-0.25, -0.2) is 5.43 Å². The van der Waals surface area contributed by atoms with Crippen molar-refractivity contribution in [3.63, 3.8) is 0 Å². The van der Waals surface area contributed by atoms with Crippen molar-refractivity contribution in [2.75, 3.05) is 6.61 Å². The van der Waals surface area contributed by atoms with E-state index >= 15 is 0 Å². The van der Waals surface area contributed by atoms with E-state index < -0.39 is 17.9 Å². The van der Waals surface area contributed by atoms with E-state index in [-0.39, 0.29) is 12.5 Å². The summed E-state index contributed by atoms with van der Waals surface area (Å²) in [5.74, 6) is -0.403. The van der Waals surface area contributed by atoms with Crippen LogP contribution >= 0.6 is 11.6 Å². The van der Waals surface area contributed by atoms with Gasteiger partial charge in [0.25, 0.3) is 11.8 Å². The van der Waals surface area contributed by atoms with Crippen molar-refractivity contribution in [3.8, 4) is 11.8 Å². The molecule has 0 aliphatic carbocycles. The molecule has 0 bridgehead atoms. The molecule has 0 aliphatic heterocycles. The summed E-state index contributed by atoms with van der Waals surface area (Å²) in [7, 11) is 0. The molecule has 0 aromatic heterocycles. The Morgan fingerprint density at radius 2 is 1.97 bits per heavy atom. The molecule has 1 unspecified atom stereocenters. The average Bonchev–Trinajstić information content (AvgIpc) is 2.70. The zero-order valence-corrected chi connectivity index (χ0v) is 16.8. The molecule has 0 spiro atoms. The molecule has 29 heavy (non-hydrogen) atoms. The summed E-state index contributed by atoms with van der Waals surface area (Å²) in [5.41, 5.74) is 3.55. The molecule has 2 rings (SSSR count). The standard InChI is InChI=1S/C21H21ClN4O3/c1-14(2)19(25-20(27)16-4-3-5-17(22)12-16)21(28)26-24-13-15-6-8-18(9-7-15)29-11-10-23/h3-9,12-14,19H,11H2,1-2H3,(H,25,27)(H,26,28). The van der Waals surface area contributed by atoms with Crippen molar-refractivity contribution in [3.05, 3.63) is 64.7 Å². The quantitative estimate of drug-likeness (QED) is 0.513. The van der Waals surface area contributed by atoms with Gasteiger partial charge in [-0.15, -0.1) is 0 Å². The summed E-state index contributed by atoms with van der Waals surface area (Å²) in [6, 6.07) is 14.5. The molecule has 0 radical (unpaired) electrons. The van der Waals surface area contributed by atoms with Gasteiger partial charge in [0.1, 0.15) is 17.9 Å². The van der Waals surface area contributed by atoms with Crippen LogP contribution in [-0.4, -0.2) is 30.7 Å². The number of carbonyl (C=O) groups is 2. The minimum atomic E-state index is -0.764. The number of hydrogen-bond acceptors (Lipinski definition) is 5. The highest BCUT2D eigenvalue weighted by molar-refractivity contribution is 6.31. The zero-order chi connectivity index (χ0) is 21.2. The fraction of sp³-hybridized carbons (Fsp3) is 0.238. The van der Waals surface area contributed by atoms with E-state index in [1.165, 1.54) is 12.3 Å². The Kier molecular flexibility index (Phi) is 8.19. The lowest BCUT2D eigenvalue weighted by molar-refractivity contribution is -0.123. The largest absolute Gasteiger partial charge is 0.479 e. The third-order valence-corrected chi connectivity index (χ3v) is 4.13. The molecule has 8 heteroatoms. The number of hydrazone groups is 1. The summed E-state index contributed by atoms with van der Waals surface area (Å²) in [6.45, 7) is 3.62. The summed E-state index contributed by atoms with van der Waals surface area (Å²) >= 11 is 5.91. The molecule has 7 nitrogen and oxygen atoms in total. The maximum atomic E-state index is 12.5. The van der Waals surface area contributed by atoms with E-state index in [1.807, 2.05) is 19.9 Å². The molecule has 0 heterocycles. The van der Waals surface area contributed by atoms with Crippen LogP contribution in [0, 0.1) is 17.2 Å². The predicted molar refractivity (Wildman–Crippen MR) is 111 cm³/mol. The Balaban J connectivity index is 1.96. The average molecular weight is 413 g/mol. The van der Waals surface area contributed by atoms with Gasteiger partial charge >= 0.3 is 0 Å². The SMILES string of the molecule is CC(C)C(NC(=O)c1cccc(Cl)c1)C(=O)NN=Cc1ccc(OCC#N)cc1. The van der Waals surface area contributed by atoms with Crippen LogP contribution in [0.5, 0.6) is 5.75 Å². The number of halogens is 1. The number of amides is 2. The Morgan fingerprint density at radius 3 is 2.59 bits per heavy atom. The van der Waals surface area contributed by atoms with Gasteiger partial charge < -0.3 is 10.1 Å². The number of hydrogen-bond donors (Lipinski definition) is 2. The summed E-state index contributed by atoms with van der Waals surface area (Å²) in [5, 5.41) is 15.6. The lowest BCUT2D eigenvalue weighted by Crippen LogP contribution is -2.48. The van der Waals surface area contributed by atoms with Gasteiger partial charge in [-0.3, -0.25) is 9.59 Å². The molecule has 0 fully saturated rings. The molecule has 0 saturated heterocycles. The van der Waals surface area contributed by atoms with Crippen LogP contribution in [0.15, 0.2) is 53.6 Å². The van der Waals surface area contributed by atoms with Crippen molar-refractivity contribution >= 4 is 29.6 Å². The van der Waals surface area contributed by atoms with E-state index in [0.29, 0.717) is 16.3 Å². The third kappa shape index (κ3) is 6.94. The fourth-order valence-corrected chi connectivity index (χ4v) is 2.59. The molecule has 150 valence electrons. The number of rotatable bonds is 8. The van der Waals surface area contributed by atoms with Gasteiger partial charge in [-0.05, 0) is 53.9 Å². The second kappa shape index (κ2) is 10.8. The van der Waals surface area contributed by atoms with Gasteiger partial charge in [-0.2, -0.15) is 10.4 Å². The van der Waals surface area contributed by atoms with Crippen LogP contribution in [0.4, 0.5) is 0 Å². The Bertz CT molecular complexity index is 920. The van der Waals surface area contributed by atoms with Gasteiger partial charge in [0.15, 0.2) is 6.61 Å². The summed E-state index contributed by atoms with van der Waals surface area (Å²) < 4.78 is 5.17. The van der Waals surface area contributed by atoms with Crippen LogP contribution in [0.3, 0.4) is 0 Å². The fourth-order valence-electron chi connectivity index (χ4n) is 2.39. The lowest BCUT2D eigenvalue weighted by atomic mass is 10.0. The first kappa shape index (κ1) is 21.9. The Morgan fingerprint density at radius 1 is 1.24 bits per heavy atom. The molecule has 2 aromatic carbocycles. The topological polar surface area (TPSA) is 104 Å². The minimum Gasteiger partial charge on any atom is -0.479 e. The molecular formula is C21H21ClN4O3. The molecule has 2 N–H and O–H groups in total. The number of benzene rings is 2. The van der Waals surface area contributed by atoms with Gasteiger partial charge in [-0.1, -0.05) is 31.5 Å². The first-order valence-electron chi connectivity index (χ1n) is 8.90. The van der Waals surface area contributed by atoms with Crippen molar-refractivity contribution in [1.29, 1.82) is 5.26 Å². The molecule has 0 aliphatic rings. The van der Waals surface area contributed by atoms with E-state index in [4.69, 9.17) is 21.6 Å². The number of nitrogens with zero attached hydrogens (tertiary/aromatic N) is 2. The number of carbonyl (C=O) groups excluding carboxylic acids is 2. The number of nitrogens with one attached hydrogen (secondary N) is 2. The highest BCUT2D eigenvalue weighted by Crippen LogP contribution is 2.12. The Labute approximate surface area is 174 Å². The third-order valence-electron chi connectivity index (χ3n) is 3.89. The molecule has 0 saturated carbocycles. The van der Waals surface area contributed by atoms with Crippen molar-refractivity contribution in [2.24, 2.45) is 11.0 Å². The molecular weight excluding hydrogens is 392 g/mol. The molecule has 2 amide bonds. The zero-order valence-electron chi connectivity index (χ0n) is 16.1. The normalized spacial score (nSPS) is 11.7. The van der Waals surface area contributed by atoms with E-state index in [1.54, 1.807) is 42.5 Å². The van der Waals surface area contributed by atoms with Crippen LogP contribution < -0.4 is 15.5 Å². The highest BCUT2D eigenvalue weighted by atomic mass is 35.5. The van der Waals surface area contributed by atoms with Crippen LogP contribution in [-0.2, 0) is 4.79 Å². The maximum absolute atomic E-state index is 12.5. The summed E-state index contributed by atoms with van der Waals surface area (Å²) in [4.78, 5) is 24.9. The van der Waals surface area contributed by atoms with Crippen molar-refractivity contribution in [2.45, 2.75) is 19.9 Å². The Hall–Kier alpha value is -3.37. The van der Waals surface area contributed by atoms with E-state index in [2.05, 4.69) is 15.8 Å². The second-order valence-electron chi connectivity index (χ2n) is 6.46. The maximum Gasteiger partial charge on any atom is 0.262 e. The van der Waals surface area contributed by atoms with Crippen molar-refractivity contribution in [1.82, 2.24) is 10.7 Å². The van der Waals surface area contributed by atoms with Crippen molar-refractivity contribution < 1.29 is 14.3 Å². The van der Waals surface area contributed by atoms with Crippen LogP contribution in [0.2, 0.25) is 5.02 Å². The monoisotopic (exact) mass is 412 g/mol. The second-order valence-corrected chi connectivity index (χ2v) is 6.89. The molecule has 2 aromatic rings. The first-order chi connectivity index (χ1) is 13.9. The van der Waals surface area contributed by atoms with Gasteiger partial charge in [0.2, 0.25) is 0 Å². The van der Waals surface area contributed by atoms with E-state index in [9.17, 15) is 9.59 Å². The van der Waals surface area contributed by atoms with Crippen LogP contribution in [0.1, 0.15) is 29.8 Å². The highest BCUT2D eigenvalue weighted by Gasteiger charge is 2.24. The van der Waals surface area contributed by atoms with Gasteiger partial charge in [0.05, 0.1) is 6.21 Å². The lowest BCUT2D eigenvalue weighted by Gasteiger charge is -2.20. The number of ether oxygens (including phenoxy) is 1. The number of nitriles is 1. The van der Waals surface area contributed by atoms with Gasteiger partial charge in [0, 0.05) is 10.6 Å². The minimum absolute atomic E-state index is 0.0268. The smallest absolute Gasteiger partial charge is 0.262 e. The molecule has 1 atom stereocenters. The van der Waals surface area contributed by atoms with Crippen LogP contribution in [0.25, 0.3) is 0 Å². The first-order valence-corrected chi connectivity index (χ1v) is 9.27. The van der Waals surface area contributed by atoms with E-state index in [0.717, 1.165) is 5.56 Å². The summed E-state index contributed by atoms with van der Waals surface area (Å²) in [6.07, 6.45) is 1.47. The predicted octanol–water partition coefficient (Wildman–Crippen LogP) is 3.15.